The molecule has 0 bridgehead atoms. The van der Waals surface area contributed by atoms with E-state index in [2.05, 4.69) is 15.9 Å². The summed E-state index contributed by atoms with van der Waals surface area (Å²) >= 11 is 2.98. The molecule has 86 valence electrons. The molecule has 0 spiro atoms. The summed E-state index contributed by atoms with van der Waals surface area (Å²) in [6, 6.07) is 4.06. The molecule has 0 saturated carbocycles. The number of alkyl halides is 3. The van der Waals surface area contributed by atoms with Crippen molar-refractivity contribution in [1.82, 2.24) is 4.57 Å². The van der Waals surface area contributed by atoms with Gasteiger partial charge < -0.3 is 4.57 Å². The summed E-state index contributed by atoms with van der Waals surface area (Å²) in [6.45, 7) is -1.11. The molecule has 0 atom stereocenters. The largest absolute Gasteiger partial charge is 0.406 e. The van der Waals surface area contributed by atoms with Gasteiger partial charge in [-0.2, -0.15) is 13.2 Å². The van der Waals surface area contributed by atoms with Crippen LogP contribution in [0.15, 0.2) is 28.9 Å². The lowest BCUT2D eigenvalue weighted by atomic mass is 10.2. The number of aromatic nitrogens is 1. The van der Waals surface area contributed by atoms with Crippen molar-refractivity contribution in [2.24, 2.45) is 0 Å². The summed E-state index contributed by atoms with van der Waals surface area (Å²) in [6.07, 6.45) is -3.01. The molecular formula is C10H6BrF4N. The van der Waals surface area contributed by atoms with Gasteiger partial charge in [0.05, 0.1) is 9.99 Å². The first-order chi connectivity index (χ1) is 7.37. The smallest absolute Gasteiger partial charge is 0.338 e. The number of hydrogen-bond acceptors (Lipinski definition) is 0. The first-order valence-corrected chi connectivity index (χ1v) is 5.17. The topological polar surface area (TPSA) is 4.93 Å². The zero-order valence-corrected chi connectivity index (χ0v) is 9.44. The van der Waals surface area contributed by atoms with Gasteiger partial charge in [0.2, 0.25) is 0 Å². The fourth-order valence-electron chi connectivity index (χ4n) is 1.52. The summed E-state index contributed by atoms with van der Waals surface area (Å²) in [5.41, 5.74) is 0.234. The second-order valence-corrected chi connectivity index (χ2v) is 4.24. The Bertz CT molecular complexity index is 529. The third-order valence-electron chi connectivity index (χ3n) is 2.16. The molecule has 0 saturated heterocycles. The standard InChI is InChI=1S/C10H6BrF4N/c11-7-3-6-1-2-16(5-10(13,14)15)9(6)4-8(7)12/h1-4H,5H2. The second kappa shape index (κ2) is 3.76. The molecule has 1 aromatic heterocycles. The van der Waals surface area contributed by atoms with Crippen LogP contribution < -0.4 is 0 Å². The Labute approximate surface area is 96.8 Å². The predicted molar refractivity (Wildman–Crippen MR) is 55.7 cm³/mol. The maximum Gasteiger partial charge on any atom is 0.406 e. The minimum atomic E-state index is -4.31. The van der Waals surface area contributed by atoms with Crippen LogP contribution in [0.4, 0.5) is 17.6 Å². The van der Waals surface area contributed by atoms with Crippen molar-refractivity contribution in [3.05, 3.63) is 34.7 Å². The third kappa shape index (κ3) is 2.21. The van der Waals surface area contributed by atoms with E-state index in [1.165, 1.54) is 18.3 Å². The Morgan fingerprint density at radius 2 is 1.94 bits per heavy atom. The summed E-state index contributed by atoms with van der Waals surface area (Å²) in [4.78, 5) is 0. The van der Waals surface area contributed by atoms with Crippen LogP contribution >= 0.6 is 15.9 Å². The number of benzene rings is 1. The fourth-order valence-corrected chi connectivity index (χ4v) is 1.88. The molecular weight excluding hydrogens is 290 g/mol. The fraction of sp³-hybridized carbons (Fsp3) is 0.200. The highest BCUT2D eigenvalue weighted by molar-refractivity contribution is 9.10. The summed E-state index contributed by atoms with van der Waals surface area (Å²) in [5, 5.41) is 0.567. The summed E-state index contributed by atoms with van der Waals surface area (Å²) in [5.74, 6) is -0.574. The first kappa shape index (κ1) is 11.4. The molecule has 1 aromatic carbocycles. The number of halogens is 5. The van der Waals surface area contributed by atoms with Crippen molar-refractivity contribution in [3.63, 3.8) is 0 Å². The maximum absolute atomic E-state index is 13.2. The molecule has 2 aromatic rings. The van der Waals surface area contributed by atoms with E-state index in [1.807, 2.05) is 0 Å². The Balaban J connectivity index is 2.52. The van der Waals surface area contributed by atoms with E-state index in [-0.39, 0.29) is 9.99 Å². The minimum Gasteiger partial charge on any atom is -0.338 e. The van der Waals surface area contributed by atoms with E-state index in [0.717, 1.165) is 10.6 Å². The van der Waals surface area contributed by atoms with Crippen molar-refractivity contribution in [2.75, 3.05) is 0 Å². The van der Waals surface area contributed by atoms with E-state index >= 15 is 0 Å². The van der Waals surface area contributed by atoms with Crippen molar-refractivity contribution in [1.29, 1.82) is 0 Å². The van der Waals surface area contributed by atoms with Crippen LogP contribution in [0.5, 0.6) is 0 Å². The van der Waals surface area contributed by atoms with Crippen LogP contribution in [0.25, 0.3) is 10.9 Å². The van der Waals surface area contributed by atoms with Crippen LogP contribution in [-0.2, 0) is 6.54 Å². The quantitative estimate of drug-likeness (QED) is 0.698. The third-order valence-corrected chi connectivity index (χ3v) is 2.77. The highest BCUT2D eigenvalue weighted by atomic mass is 79.9. The van der Waals surface area contributed by atoms with Gasteiger partial charge in [0.25, 0.3) is 0 Å². The van der Waals surface area contributed by atoms with Crippen molar-refractivity contribution < 1.29 is 17.6 Å². The highest BCUT2D eigenvalue weighted by Crippen LogP contribution is 2.26. The molecule has 6 heteroatoms. The SMILES string of the molecule is Fc1cc2c(ccn2CC(F)(F)F)cc1Br. The van der Waals surface area contributed by atoms with Gasteiger partial charge in [0.15, 0.2) is 0 Å². The molecule has 0 radical (unpaired) electrons. The van der Waals surface area contributed by atoms with Crippen LogP contribution in [0.2, 0.25) is 0 Å². The molecule has 0 N–H and O–H groups in total. The molecule has 16 heavy (non-hydrogen) atoms. The van der Waals surface area contributed by atoms with Gasteiger partial charge in [-0.1, -0.05) is 0 Å². The van der Waals surface area contributed by atoms with Gasteiger partial charge in [-0.25, -0.2) is 4.39 Å². The van der Waals surface area contributed by atoms with E-state index in [0.29, 0.717) is 5.39 Å². The number of hydrogen-bond donors (Lipinski definition) is 0. The summed E-state index contributed by atoms with van der Waals surface area (Å²) < 4.78 is 51.0. The molecule has 0 aliphatic heterocycles. The average molecular weight is 296 g/mol. The molecule has 0 aliphatic rings. The van der Waals surface area contributed by atoms with Gasteiger partial charge in [-0.15, -0.1) is 0 Å². The minimum absolute atomic E-state index is 0.234. The number of nitrogens with zero attached hydrogens (tertiary/aromatic N) is 1. The van der Waals surface area contributed by atoms with Gasteiger partial charge >= 0.3 is 6.18 Å². The normalized spacial score (nSPS) is 12.3. The molecule has 0 aliphatic carbocycles. The Morgan fingerprint density at radius 3 is 2.56 bits per heavy atom. The van der Waals surface area contributed by atoms with E-state index < -0.39 is 18.5 Å². The van der Waals surface area contributed by atoms with Crippen LogP contribution in [0, 0.1) is 5.82 Å². The molecule has 0 fully saturated rings. The number of rotatable bonds is 1. The van der Waals surface area contributed by atoms with E-state index in [1.54, 1.807) is 0 Å². The monoisotopic (exact) mass is 295 g/mol. The van der Waals surface area contributed by atoms with Crippen LogP contribution in [0.3, 0.4) is 0 Å². The maximum atomic E-state index is 13.2. The Morgan fingerprint density at radius 1 is 1.25 bits per heavy atom. The zero-order chi connectivity index (χ0) is 11.9. The van der Waals surface area contributed by atoms with E-state index in [4.69, 9.17) is 0 Å². The zero-order valence-electron chi connectivity index (χ0n) is 7.85. The molecule has 0 amide bonds. The van der Waals surface area contributed by atoms with Gasteiger partial charge in [-0.05, 0) is 34.1 Å². The lowest BCUT2D eigenvalue weighted by Crippen LogP contribution is -2.16. The van der Waals surface area contributed by atoms with Gasteiger partial charge in [0, 0.05) is 11.6 Å². The van der Waals surface area contributed by atoms with E-state index in [9.17, 15) is 17.6 Å². The van der Waals surface area contributed by atoms with Gasteiger partial charge in [-0.3, -0.25) is 0 Å². The summed E-state index contributed by atoms with van der Waals surface area (Å²) in [7, 11) is 0. The lowest BCUT2D eigenvalue weighted by Gasteiger charge is -2.09. The second-order valence-electron chi connectivity index (χ2n) is 3.38. The van der Waals surface area contributed by atoms with Crippen molar-refractivity contribution in [3.8, 4) is 0 Å². The molecule has 0 unspecified atom stereocenters. The van der Waals surface area contributed by atoms with Crippen molar-refractivity contribution >= 4 is 26.8 Å². The Hall–Kier alpha value is -1.04. The molecule has 1 nitrogen and oxygen atoms in total. The lowest BCUT2D eigenvalue weighted by molar-refractivity contribution is -0.139. The van der Waals surface area contributed by atoms with Crippen LogP contribution in [0.1, 0.15) is 0 Å². The first-order valence-electron chi connectivity index (χ1n) is 4.37. The Kier molecular flexibility index (Phi) is 2.69. The predicted octanol–water partition coefficient (Wildman–Crippen LogP) is 4.11. The average Bonchev–Trinajstić information content (AvgIpc) is 2.47. The highest BCUT2D eigenvalue weighted by Gasteiger charge is 2.28. The van der Waals surface area contributed by atoms with Crippen LogP contribution in [-0.4, -0.2) is 10.7 Å². The molecule has 1 heterocycles. The molecule has 2 rings (SSSR count). The number of fused-ring (bicyclic) bond motifs is 1. The van der Waals surface area contributed by atoms with Crippen molar-refractivity contribution in [2.45, 2.75) is 12.7 Å². The van der Waals surface area contributed by atoms with Gasteiger partial charge in [0.1, 0.15) is 12.4 Å².